The Labute approximate surface area is 58.1 Å². The third kappa shape index (κ3) is 1.80. The molecule has 1 rings (SSSR count). The first kappa shape index (κ1) is 7.29. The SMILES string of the molecule is C[Si]1(C)CCC(CO)C1. The van der Waals surface area contributed by atoms with Gasteiger partial charge in [0.1, 0.15) is 0 Å². The summed E-state index contributed by atoms with van der Waals surface area (Å²) in [4.78, 5) is 0. The van der Waals surface area contributed by atoms with E-state index in [4.69, 9.17) is 5.11 Å². The maximum Gasteiger partial charge on any atom is 0.0477 e. The van der Waals surface area contributed by atoms with E-state index >= 15 is 0 Å². The zero-order valence-electron chi connectivity index (χ0n) is 6.35. The topological polar surface area (TPSA) is 20.2 Å². The first-order valence-corrected chi connectivity index (χ1v) is 7.16. The van der Waals surface area contributed by atoms with Crippen LogP contribution in [0.4, 0.5) is 0 Å². The summed E-state index contributed by atoms with van der Waals surface area (Å²) in [6.45, 7) is 5.27. The fraction of sp³-hybridized carbons (Fsp3) is 1.00. The van der Waals surface area contributed by atoms with Gasteiger partial charge in [0.15, 0.2) is 0 Å². The van der Waals surface area contributed by atoms with Crippen molar-refractivity contribution in [3.8, 4) is 0 Å². The van der Waals surface area contributed by atoms with Crippen molar-refractivity contribution < 1.29 is 5.11 Å². The van der Waals surface area contributed by atoms with E-state index in [1.54, 1.807) is 0 Å². The van der Waals surface area contributed by atoms with Crippen molar-refractivity contribution >= 4 is 8.07 Å². The Hall–Kier alpha value is 0.177. The Morgan fingerprint density at radius 3 is 2.44 bits per heavy atom. The van der Waals surface area contributed by atoms with Gasteiger partial charge in [-0.2, -0.15) is 0 Å². The Bertz CT molecular complexity index is 101. The molecule has 2 heteroatoms. The molecule has 0 aromatic rings. The lowest BCUT2D eigenvalue weighted by Gasteiger charge is -2.12. The van der Waals surface area contributed by atoms with Gasteiger partial charge in [0.2, 0.25) is 0 Å². The fourth-order valence-electron chi connectivity index (χ4n) is 1.74. The molecule has 1 nitrogen and oxygen atoms in total. The molecule has 0 aliphatic carbocycles. The van der Waals surface area contributed by atoms with Crippen LogP contribution in [-0.2, 0) is 0 Å². The van der Waals surface area contributed by atoms with Crippen molar-refractivity contribution in [2.75, 3.05) is 6.61 Å². The second-order valence-corrected chi connectivity index (χ2v) is 9.19. The summed E-state index contributed by atoms with van der Waals surface area (Å²) in [6, 6.07) is 2.78. The van der Waals surface area contributed by atoms with Crippen LogP contribution < -0.4 is 0 Å². The van der Waals surface area contributed by atoms with Gasteiger partial charge >= 0.3 is 0 Å². The van der Waals surface area contributed by atoms with E-state index in [9.17, 15) is 0 Å². The van der Waals surface area contributed by atoms with Crippen LogP contribution in [0.3, 0.4) is 0 Å². The number of aliphatic hydroxyl groups excluding tert-OH is 1. The molecule has 0 aromatic heterocycles. The maximum atomic E-state index is 8.82. The Morgan fingerprint density at radius 2 is 2.22 bits per heavy atom. The molecule has 0 radical (unpaired) electrons. The van der Waals surface area contributed by atoms with E-state index in [1.165, 1.54) is 18.5 Å². The molecule has 1 saturated heterocycles. The van der Waals surface area contributed by atoms with Crippen LogP contribution in [0.15, 0.2) is 0 Å². The highest BCUT2D eigenvalue weighted by atomic mass is 28.3. The molecule has 1 aliphatic heterocycles. The molecular formula is C7H16OSi. The molecule has 1 N–H and O–H groups in total. The first-order chi connectivity index (χ1) is 4.14. The lowest BCUT2D eigenvalue weighted by atomic mass is 10.1. The Morgan fingerprint density at radius 1 is 1.56 bits per heavy atom. The highest BCUT2D eigenvalue weighted by Crippen LogP contribution is 2.34. The molecular weight excluding hydrogens is 128 g/mol. The van der Waals surface area contributed by atoms with Gasteiger partial charge in [-0.05, 0) is 5.92 Å². The van der Waals surface area contributed by atoms with Gasteiger partial charge in [-0.25, -0.2) is 0 Å². The monoisotopic (exact) mass is 144 g/mol. The normalized spacial score (nSPS) is 33.0. The van der Waals surface area contributed by atoms with E-state index < -0.39 is 8.07 Å². The second-order valence-electron chi connectivity index (χ2n) is 3.96. The van der Waals surface area contributed by atoms with Crippen molar-refractivity contribution in [1.82, 2.24) is 0 Å². The molecule has 1 aliphatic rings. The highest BCUT2D eigenvalue weighted by molar-refractivity contribution is 6.78. The maximum absolute atomic E-state index is 8.82. The van der Waals surface area contributed by atoms with Crippen molar-refractivity contribution in [2.45, 2.75) is 31.6 Å². The van der Waals surface area contributed by atoms with Crippen LogP contribution in [0, 0.1) is 5.92 Å². The predicted molar refractivity (Wildman–Crippen MR) is 42.3 cm³/mol. The van der Waals surface area contributed by atoms with Crippen molar-refractivity contribution in [1.29, 1.82) is 0 Å². The summed E-state index contributed by atoms with van der Waals surface area (Å²) >= 11 is 0. The summed E-state index contributed by atoms with van der Waals surface area (Å²) in [5, 5.41) is 8.82. The molecule has 0 aromatic carbocycles. The van der Waals surface area contributed by atoms with E-state index in [0.717, 1.165) is 0 Å². The van der Waals surface area contributed by atoms with Gasteiger partial charge in [0.05, 0.1) is 0 Å². The lowest BCUT2D eigenvalue weighted by molar-refractivity contribution is 0.239. The number of hydrogen-bond acceptors (Lipinski definition) is 1. The van der Waals surface area contributed by atoms with Crippen LogP contribution in [0.1, 0.15) is 6.42 Å². The van der Waals surface area contributed by atoms with Crippen LogP contribution in [0.2, 0.25) is 25.2 Å². The molecule has 1 fully saturated rings. The molecule has 1 atom stereocenters. The van der Waals surface area contributed by atoms with Gasteiger partial charge in [0, 0.05) is 14.7 Å². The third-order valence-electron chi connectivity index (χ3n) is 2.33. The van der Waals surface area contributed by atoms with Gasteiger partial charge in [-0.1, -0.05) is 31.6 Å². The lowest BCUT2D eigenvalue weighted by Crippen LogP contribution is -2.20. The number of aliphatic hydroxyl groups is 1. The molecule has 0 saturated carbocycles. The first-order valence-electron chi connectivity index (χ1n) is 3.75. The fourth-order valence-corrected chi connectivity index (χ4v) is 5.03. The van der Waals surface area contributed by atoms with E-state index in [0.29, 0.717) is 12.5 Å². The summed E-state index contributed by atoms with van der Waals surface area (Å²) in [5.74, 6) is 0.659. The van der Waals surface area contributed by atoms with Crippen LogP contribution >= 0.6 is 0 Å². The van der Waals surface area contributed by atoms with Gasteiger partial charge in [-0.15, -0.1) is 0 Å². The van der Waals surface area contributed by atoms with Gasteiger partial charge < -0.3 is 5.11 Å². The highest BCUT2D eigenvalue weighted by Gasteiger charge is 2.31. The van der Waals surface area contributed by atoms with Crippen LogP contribution in [0.5, 0.6) is 0 Å². The summed E-state index contributed by atoms with van der Waals surface area (Å²) in [7, 11) is -0.784. The summed E-state index contributed by atoms with van der Waals surface area (Å²) in [6.07, 6.45) is 1.29. The van der Waals surface area contributed by atoms with Crippen molar-refractivity contribution in [2.24, 2.45) is 5.92 Å². The second kappa shape index (κ2) is 2.43. The molecule has 1 heterocycles. The minimum absolute atomic E-state index is 0.427. The Kier molecular flexibility index (Phi) is 1.96. The molecule has 0 spiro atoms. The van der Waals surface area contributed by atoms with Crippen molar-refractivity contribution in [3.05, 3.63) is 0 Å². The van der Waals surface area contributed by atoms with Crippen LogP contribution in [0.25, 0.3) is 0 Å². The quantitative estimate of drug-likeness (QED) is 0.555. The minimum Gasteiger partial charge on any atom is -0.396 e. The van der Waals surface area contributed by atoms with E-state index in [-0.39, 0.29) is 0 Å². The third-order valence-corrected chi connectivity index (χ3v) is 5.65. The molecule has 0 amide bonds. The van der Waals surface area contributed by atoms with Crippen molar-refractivity contribution in [3.63, 3.8) is 0 Å². The smallest absolute Gasteiger partial charge is 0.0477 e. The Balaban J connectivity index is 2.38. The summed E-state index contributed by atoms with van der Waals surface area (Å²) in [5.41, 5.74) is 0. The average Bonchev–Trinajstić information content (AvgIpc) is 2.10. The average molecular weight is 144 g/mol. The standard InChI is InChI=1S/C7H16OSi/c1-9(2)4-3-7(5-8)6-9/h7-8H,3-6H2,1-2H3. The zero-order chi connectivity index (χ0) is 6.91. The number of hydrogen-bond donors (Lipinski definition) is 1. The van der Waals surface area contributed by atoms with E-state index in [1.807, 2.05) is 0 Å². The van der Waals surface area contributed by atoms with E-state index in [2.05, 4.69) is 13.1 Å². The summed E-state index contributed by atoms with van der Waals surface area (Å²) < 4.78 is 0. The zero-order valence-corrected chi connectivity index (χ0v) is 7.35. The molecule has 54 valence electrons. The number of rotatable bonds is 1. The predicted octanol–water partition coefficient (Wildman–Crippen LogP) is 1.71. The molecule has 0 bridgehead atoms. The molecule has 1 unspecified atom stereocenters. The van der Waals surface area contributed by atoms with Crippen LogP contribution in [-0.4, -0.2) is 19.8 Å². The van der Waals surface area contributed by atoms with Gasteiger partial charge in [-0.3, -0.25) is 0 Å². The van der Waals surface area contributed by atoms with Gasteiger partial charge in [0.25, 0.3) is 0 Å². The molecule has 9 heavy (non-hydrogen) atoms. The largest absolute Gasteiger partial charge is 0.396 e. The minimum atomic E-state index is -0.784.